The first-order valence-corrected chi connectivity index (χ1v) is 14.3. The number of halogens is 1. The minimum Gasteiger partial charge on any atom is -0.381 e. The largest absolute Gasteiger partial charge is 0.381 e. The summed E-state index contributed by atoms with van der Waals surface area (Å²) in [6.45, 7) is 4.57. The maximum atomic E-state index is 14.1. The summed E-state index contributed by atoms with van der Waals surface area (Å²) in [7, 11) is -3.29. The van der Waals surface area contributed by atoms with Crippen LogP contribution >= 0.6 is 0 Å². The molecule has 1 aliphatic rings. The molecule has 1 fully saturated rings. The quantitative estimate of drug-likeness (QED) is 0.316. The fourth-order valence-corrected chi connectivity index (χ4v) is 5.08. The molecule has 0 radical (unpaired) electrons. The van der Waals surface area contributed by atoms with Crippen molar-refractivity contribution in [3.05, 3.63) is 71.7 Å². The molecule has 1 unspecified atom stereocenters. The van der Waals surface area contributed by atoms with Gasteiger partial charge in [-0.2, -0.15) is 0 Å². The van der Waals surface area contributed by atoms with Gasteiger partial charge in [0.05, 0.1) is 23.8 Å². The fourth-order valence-electron chi connectivity index (χ4n) is 4.45. The molecule has 1 aliphatic heterocycles. The average molecular weight is 516 g/mol. The highest BCUT2D eigenvalue weighted by atomic mass is 32.2. The first-order chi connectivity index (χ1) is 17.3. The first-order valence-electron chi connectivity index (χ1n) is 12.4. The normalized spacial score (nSPS) is 16.4. The zero-order chi connectivity index (χ0) is 25.5. The van der Waals surface area contributed by atoms with Gasteiger partial charge in [-0.15, -0.1) is 0 Å². The summed E-state index contributed by atoms with van der Waals surface area (Å²) >= 11 is 0. The van der Waals surface area contributed by atoms with Gasteiger partial charge >= 0.3 is 0 Å². The summed E-state index contributed by atoms with van der Waals surface area (Å²) < 4.78 is 57.0. The Labute approximate surface area is 212 Å². The molecule has 2 heterocycles. The smallest absolute Gasteiger partial charge is 0.175 e. The number of hydrogen-bond donors (Lipinski definition) is 0. The van der Waals surface area contributed by atoms with Crippen LogP contribution in [0.3, 0.4) is 0 Å². The maximum Gasteiger partial charge on any atom is 0.175 e. The summed E-state index contributed by atoms with van der Waals surface area (Å²) in [6.07, 6.45) is 5.85. The molecular formula is C28H34FNO5S. The summed E-state index contributed by atoms with van der Waals surface area (Å²) in [6, 6.07) is 15.3. The van der Waals surface area contributed by atoms with E-state index in [4.69, 9.17) is 14.2 Å². The van der Waals surface area contributed by atoms with E-state index in [1.165, 1.54) is 18.4 Å². The molecule has 0 aliphatic carbocycles. The molecule has 8 heteroatoms. The summed E-state index contributed by atoms with van der Waals surface area (Å²) in [4.78, 5) is 0.263. The van der Waals surface area contributed by atoms with Gasteiger partial charge in [-0.3, -0.25) is 0 Å². The topological polar surface area (TPSA) is 66.8 Å². The second kappa shape index (κ2) is 12.1. The van der Waals surface area contributed by atoms with E-state index in [-0.39, 0.29) is 17.0 Å². The lowest BCUT2D eigenvalue weighted by Gasteiger charge is -2.22. The molecule has 194 valence electrons. The highest BCUT2D eigenvalue weighted by Gasteiger charge is 2.17. The second-order valence-electron chi connectivity index (χ2n) is 9.13. The Kier molecular flexibility index (Phi) is 8.95. The second-order valence-corrected chi connectivity index (χ2v) is 11.2. The van der Waals surface area contributed by atoms with Gasteiger partial charge < -0.3 is 18.8 Å². The van der Waals surface area contributed by atoms with Crippen LogP contribution in [0, 0.1) is 12.7 Å². The summed E-state index contributed by atoms with van der Waals surface area (Å²) in [5.74, 6) is -0.315. The molecule has 0 bridgehead atoms. The lowest BCUT2D eigenvalue weighted by molar-refractivity contribution is -0.164. The van der Waals surface area contributed by atoms with E-state index in [2.05, 4.69) is 6.07 Å². The standard InChI is InChI=1S/C28H34FNO5S/c1-21-23(14-18-33-15-6-17-35-28-9-3-4-16-34-28)19-27(30(21)25-8-5-7-24(29)20-25)22-10-12-26(13-11-22)36(2,31)32/h5,7-8,10-13,19-20,28H,3-4,6,9,14-18H2,1-2H3. The zero-order valence-corrected chi connectivity index (χ0v) is 21.7. The van der Waals surface area contributed by atoms with Crippen molar-refractivity contribution in [2.75, 3.05) is 32.7 Å². The van der Waals surface area contributed by atoms with Gasteiger partial charge in [-0.05, 0) is 86.6 Å². The Balaban J connectivity index is 1.44. The zero-order valence-electron chi connectivity index (χ0n) is 20.9. The van der Waals surface area contributed by atoms with Gasteiger partial charge in [-0.1, -0.05) is 18.2 Å². The number of ether oxygens (including phenoxy) is 3. The Hall–Kier alpha value is -2.52. The predicted molar refractivity (Wildman–Crippen MR) is 138 cm³/mol. The SMILES string of the molecule is Cc1c(CCOCCCOC2CCCCO2)cc(-c2ccc(S(C)(=O)=O)cc2)n1-c1cccc(F)c1. The Morgan fingerprint density at radius 2 is 1.86 bits per heavy atom. The van der Waals surface area contributed by atoms with E-state index in [0.29, 0.717) is 31.9 Å². The predicted octanol–water partition coefficient (Wildman–Crippen LogP) is 5.49. The van der Waals surface area contributed by atoms with Crippen LogP contribution in [0.15, 0.2) is 59.5 Å². The van der Waals surface area contributed by atoms with Crippen LogP contribution in [-0.2, 0) is 30.5 Å². The number of benzene rings is 2. The monoisotopic (exact) mass is 515 g/mol. The molecule has 0 amide bonds. The number of sulfone groups is 1. The van der Waals surface area contributed by atoms with Gasteiger partial charge in [-0.25, -0.2) is 12.8 Å². The van der Waals surface area contributed by atoms with E-state index in [9.17, 15) is 12.8 Å². The van der Waals surface area contributed by atoms with Gasteiger partial charge in [0, 0.05) is 30.9 Å². The average Bonchev–Trinajstić information content (AvgIpc) is 3.19. The van der Waals surface area contributed by atoms with Crippen molar-refractivity contribution in [3.8, 4) is 16.9 Å². The van der Waals surface area contributed by atoms with Crippen molar-refractivity contribution in [1.29, 1.82) is 0 Å². The van der Waals surface area contributed by atoms with Crippen LogP contribution in [0.4, 0.5) is 4.39 Å². The van der Waals surface area contributed by atoms with E-state index in [0.717, 1.165) is 54.8 Å². The third kappa shape index (κ3) is 6.82. The van der Waals surface area contributed by atoms with E-state index < -0.39 is 9.84 Å². The van der Waals surface area contributed by atoms with Crippen LogP contribution in [0.1, 0.15) is 36.9 Å². The van der Waals surface area contributed by atoms with Gasteiger partial charge in [0.15, 0.2) is 16.1 Å². The van der Waals surface area contributed by atoms with Crippen LogP contribution in [-0.4, -0.2) is 52.0 Å². The van der Waals surface area contributed by atoms with Crippen LogP contribution in [0.25, 0.3) is 16.9 Å². The molecule has 1 atom stereocenters. The van der Waals surface area contributed by atoms with Gasteiger partial charge in [0.1, 0.15) is 5.82 Å². The summed E-state index contributed by atoms with van der Waals surface area (Å²) in [5, 5.41) is 0. The molecule has 6 nitrogen and oxygen atoms in total. The van der Waals surface area contributed by atoms with Crippen molar-refractivity contribution >= 4 is 9.84 Å². The van der Waals surface area contributed by atoms with E-state index >= 15 is 0 Å². The molecule has 1 saturated heterocycles. The molecule has 3 aromatic rings. The molecule has 0 spiro atoms. The maximum absolute atomic E-state index is 14.1. The summed E-state index contributed by atoms with van der Waals surface area (Å²) in [5.41, 5.74) is 4.51. The lowest BCUT2D eigenvalue weighted by atomic mass is 10.1. The molecular weight excluding hydrogens is 481 g/mol. The molecule has 4 rings (SSSR count). The Bertz CT molecular complexity index is 1250. The molecule has 2 aromatic carbocycles. The van der Waals surface area contributed by atoms with Crippen molar-refractivity contribution in [2.45, 2.75) is 50.2 Å². The molecule has 0 saturated carbocycles. The lowest BCUT2D eigenvalue weighted by Crippen LogP contribution is -2.23. The van der Waals surface area contributed by atoms with Gasteiger partial charge in [0.2, 0.25) is 0 Å². The molecule has 0 N–H and O–H groups in total. The molecule has 1 aromatic heterocycles. The van der Waals surface area contributed by atoms with Crippen LogP contribution < -0.4 is 0 Å². The Morgan fingerprint density at radius 1 is 1.06 bits per heavy atom. The van der Waals surface area contributed by atoms with E-state index in [1.807, 2.05) is 17.6 Å². The number of hydrogen-bond acceptors (Lipinski definition) is 5. The Morgan fingerprint density at radius 3 is 2.56 bits per heavy atom. The minimum absolute atomic E-state index is 0.0751. The van der Waals surface area contributed by atoms with Crippen molar-refractivity contribution < 1.29 is 27.0 Å². The minimum atomic E-state index is -3.29. The van der Waals surface area contributed by atoms with Crippen molar-refractivity contribution in [2.24, 2.45) is 0 Å². The first kappa shape index (κ1) is 26.5. The van der Waals surface area contributed by atoms with E-state index in [1.54, 1.807) is 30.3 Å². The number of nitrogens with zero attached hydrogens (tertiary/aromatic N) is 1. The van der Waals surface area contributed by atoms with Crippen LogP contribution in [0.2, 0.25) is 0 Å². The van der Waals surface area contributed by atoms with Gasteiger partial charge in [0.25, 0.3) is 0 Å². The molecule has 36 heavy (non-hydrogen) atoms. The number of aromatic nitrogens is 1. The van der Waals surface area contributed by atoms with Crippen LogP contribution in [0.5, 0.6) is 0 Å². The highest BCUT2D eigenvalue weighted by Crippen LogP contribution is 2.31. The fraction of sp³-hybridized carbons (Fsp3) is 0.429. The van der Waals surface area contributed by atoms with Crippen molar-refractivity contribution in [3.63, 3.8) is 0 Å². The van der Waals surface area contributed by atoms with Crippen molar-refractivity contribution in [1.82, 2.24) is 4.57 Å². The third-order valence-corrected chi connectivity index (χ3v) is 7.52. The number of rotatable bonds is 11. The third-order valence-electron chi connectivity index (χ3n) is 6.39. The highest BCUT2D eigenvalue weighted by molar-refractivity contribution is 7.90.